The normalized spacial score (nSPS) is 17.2. The van der Waals surface area contributed by atoms with E-state index in [-0.39, 0.29) is 11.8 Å². The van der Waals surface area contributed by atoms with E-state index in [0.717, 1.165) is 18.7 Å². The first-order chi connectivity index (χ1) is 11.5. The molecule has 1 N–H and O–H groups in total. The van der Waals surface area contributed by atoms with Gasteiger partial charge in [-0.3, -0.25) is 4.90 Å². The molecule has 1 aromatic carbocycles. The maximum Gasteiger partial charge on any atom is 0.215 e. The first-order valence-electron chi connectivity index (χ1n) is 8.01. The fraction of sp³-hybridized carbons (Fsp3) is 0.412. The zero-order valence-corrected chi connectivity index (χ0v) is 15.7. The van der Waals surface area contributed by atoms with Crippen molar-refractivity contribution in [2.24, 2.45) is 0 Å². The van der Waals surface area contributed by atoms with Gasteiger partial charge >= 0.3 is 0 Å². The van der Waals surface area contributed by atoms with Gasteiger partial charge in [-0.2, -0.15) is 11.3 Å². The van der Waals surface area contributed by atoms with E-state index in [2.05, 4.69) is 21.1 Å². The fourth-order valence-corrected chi connectivity index (χ4v) is 5.01. The lowest BCUT2D eigenvalue weighted by Crippen LogP contribution is -2.37. The second kappa shape index (κ2) is 7.97. The largest absolute Gasteiger partial charge is 0.295 e. The van der Waals surface area contributed by atoms with Crippen LogP contribution in [0.3, 0.4) is 0 Å². The van der Waals surface area contributed by atoms with Crippen molar-refractivity contribution < 1.29 is 8.42 Å². The van der Waals surface area contributed by atoms with Gasteiger partial charge in [-0.1, -0.05) is 23.7 Å². The van der Waals surface area contributed by atoms with E-state index in [4.69, 9.17) is 11.6 Å². The van der Waals surface area contributed by atoms with Crippen LogP contribution in [0.15, 0.2) is 41.1 Å². The zero-order chi connectivity index (χ0) is 17.0. The Kier molecular flexibility index (Phi) is 5.94. The van der Waals surface area contributed by atoms with Gasteiger partial charge in [-0.05, 0) is 66.0 Å². The molecule has 0 saturated carbocycles. The molecular weight excluding hydrogens is 364 g/mol. The lowest BCUT2D eigenvalue weighted by atomic mass is 10.1. The van der Waals surface area contributed by atoms with Crippen LogP contribution in [0.25, 0.3) is 0 Å². The maximum atomic E-state index is 12.4. The van der Waals surface area contributed by atoms with Crippen molar-refractivity contribution in [3.63, 3.8) is 0 Å². The lowest BCUT2D eigenvalue weighted by molar-refractivity contribution is 0.247. The van der Waals surface area contributed by atoms with Gasteiger partial charge in [0.2, 0.25) is 10.0 Å². The van der Waals surface area contributed by atoms with Gasteiger partial charge in [0.25, 0.3) is 0 Å². The van der Waals surface area contributed by atoms with Crippen LogP contribution in [-0.2, 0) is 15.8 Å². The van der Waals surface area contributed by atoms with Crippen LogP contribution < -0.4 is 4.72 Å². The molecular formula is C17H21ClN2O2S2. The number of likely N-dealkylation sites (tertiary alicyclic amines) is 1. The standard InChI is InChI=1S/C17H21ClN2O2S2/c18-16-5-3-14(4-6-16)13-24(21,22)19-11-17(15-7-10-23-12-15)20-8-1-2-9-20/h3-7,10,12,17,19H,1-2,8-9,11,13H2/t17-/m1/s1. The molecule has 0 spiro atoms. The van der Waals surface area contributed by atoms with Crippen LogP contribution in [-0.4, -0.2) is 33.0 Å². The van der Waals surface area contributed by atoms with E-state index in [1.807, 2.05) is 5.38 Å². The molecule has 0 bridgehead atoms. The van der Waals surface area contributed by atoms with Crippen LogP contribution >= 0.6 is 22.9 Å². The molecule has 1 fully saturated rings. The summed E-state index contributed by atoms with van der Waals surface area (Å²) in [5.41, 5.74) is 1.93. The Balaban J connectivity index is 1.65. The minimum atomic E-state index is -3.38. The first-order valence-corrected chi connectivity index (χ1v) is 11.0. The van der Waals surface area contributed by atoms with Gasteiger partial charge in [0, 0.05) is 17.6 Å². The summed E-state index contributed by atoms with van der Waals surface area (Å²) in [5.74, 6) is -0.0273. The van der Waals surface area contributed by atoms with Crippen molar-refractivity contribution in [1.82, 2.24) is 9.62 Å². The van der Waals surface area contributed by atoms with E-state index in [1.165, 1.54) is 18.4 Å². The Bertz CT molecular complexity index is 739. The van der Waals surface area contributed by atoms with Crippen LogP contribution in [0.4, 0.5) is 0 Å². The van der Waals surface area contributed by atoms with Crippen LogP contribution in [0, 0.1) is 0 Å². The Hall–Kier alpha value is -0.920. The maximum absolute atomic E-state index is 12.4. The molecule has 1 aromatic heterocycles. The second-order valence-corrected chi connectivity index (χ2v) is 9.07. The Labute approximate surface area is 152 Å². The number of hydrogen-bond donors (Lipinski definition) is 1. The van der Waals surface area contributed by atoms with E-state index < -0.39 is 10.0 Å². The lowest BCUT2D eigenvalue weighted by Gasteiger charge is -2.27. The van der Waals surface area contributed by atoms with Crippen LogP contribution in [0.2, 0.25) is 5.02 Å². The molecule has 0 amide bonds. The molecule has 3 rings (SSSR count). The molecule has 1 saturated heterocycles. The van der Waals surface area contributed by atoms with E-state index >= 15 is 0 Å². The Morgan fingerprint density at radius 3 is 2.50 bits per heavy atom. The van der Waals surface area contributed by atoms with Gasteiger partial charge in [-0.25, -0.2) is 13.1 Å². The second-order valence-electron chi connectivity index (χ2n) is 6.05. The molecule has 2 heterocycles. The van der Waals surface area contributed by atoms with Crippen molar-refractivity contribution >= 4 is 33.0 Å². The summed E-state index contributed by atoms with van der Waals surface area (Å²) in [4.78, 5) is 2.37. The average molecular weight is 385 g/mol. The number of nitrogens with one attached hydrogen (secondary N) is 1. The predicted octanol–water partition coefficient (Wildman–Crippen LogP) is 3.66. The van der Waals surface area contributed by atoms with Crippen molar-refractivity contribution in [1.29, 1.82) is 0 Å². The Morgan fingerprint density at radius 2 is 1.88 bits per heavy atom. The van der Waals surface area contributed by atoms with E-state index in [9.17, 15) is 8.42 Å². The summed E-state index contributed by atoms with van der Waals surface area (Å²) in [7, 11) is -3.38. The number of rotatable bonds is 7. The monoisotopic (exact) mass is 384 g/mol. The minimum Gasteiger partial charge on any atom is -0.295 e. The molecule has 1 aliphatic heterocycles. The van der Waals surface area contributed by atoms with E-state index in [0.29, 0.717) is 11.6 Å². The molecule has 7 heteroatoms. The fourth-order valence-electron chi connectivity index (χ4n) is 3.03. The number of sulfonamides is 1. The third kappa shape index (κ3) is 4.80. The highest BCUT2D eigenvalue weighted by Crippen LogP contribution is 2.26. The van der Waals surface area contributed by atoms with Crippen molar-refractivity contribution in [2.75, 3.05) is 19.6 Å². The molecule has 0 unspecified atom stereocenters. The number of thiophene rings is 1. The van der Waals surface area contributed by atoms with Gasteiger partial charge < -0.3 is 0 Å². The average Bonchev–Trinajstić information content (AvgIpc) is 3.23. The third-order valence-electron chi connectivity index (χ3n) is 4.28. The van der Waals surface area contributed by atoms with Gasteiger partial charge in [0.1, 0.15) is 0 Å². The van der Waals surface area contributed by atoms with Crippen molar-refractivity contribution in [3.05, 3.63) is 57.2 Å². The number of nitrogens with zero attached hydrogens (tertiary/aromatic N) is 1. The third-order valence-corrected chi connectivity index (χ3v) is 6.55. The summed E-state index contributed by atoms with van der Waals surface area (Å²) in [5, 5.41) is 4.76. The highest BCUT2D eigenvalue weighted by molar-refractivity contribution is 7.88. The molecule has 0 radical (unpaired) electrons. The molecule has 0 aliphatic carbocycles. The van der Waals surface area contributed by atoms with Crippen molar-refractivity contribution in [2.45, 2.75) is 24.6 Å². The zero-order valence-electron chi connectivity index (χ0n) is 13.3. The van der Waals surface area contributed by atoms with Crippen LogP contribution in [0.1, 0.15) is 30.0 Å². The summed E-state index contributed by atoms with van der Waals surface area (Å²) < 4.78 is 27.6. The quantitative estimate of drug-likeness (QED) is 0.792. The van der Waals surface area contributed by atoms with Gasteiger partial charge in [0.15, 0.2) is 0 Å². The summed E-state index contributed by atoms with van der Waals surface area (Å²) in [6.07, 6.45) is 2.36. The minimum absolute atomic E-state index is 0.0273. The number of halogens is 1. The van der Waals surface area contributed by atoms with E-state index in [1.54, 1.807) is 35.6 Å². The highest BCUT2D eigenvalue weighted by atomic mass is 35.5. The highest BCUT2D eigenvalue weighted by Gasteiger charge is 2.25. The first kappa shape index (κ1) is 17.9. The molecule has 130 valence electrons. The van der Waals surface area contributed by atoms with Gasteiger partial charge in [0.05, 0.1) is 5.75 Å². The predicted molar refractivity (Wildman–Crippen MR) is 99.9 cm³/mol. The smallest absolute Gasteiger partial charge is 0.215 e. The molecule has 1 atom stereocenters. The number of benzene rings is 1. The Morgan fingerprint density at radius 1 is 1.17 bits per heavy atom. The number of hydrogen-bond acceptors (Lipinski definition) is 4. The summed E-state index contributed by atoms with van der Waals surface area (Å²) in [6.45, 7) is 2.46. The molecule has 1 aliphatic rings. The summed E-state index contributed by atoms with van der Waals surface area (Å²) >= 11 is 7.49. The van der Waals surface area contributed by atoms with Crippen LogP contribution in [0.5, 0.6) is 0 Å². The van der Waals surface area contributed by atoms with Gasteiger partial charge in [-0.15, -0.1) is 0 Å². The SMILES string of the molecule is O=S(=O)(Cc1ccc(Cl)cc1)NC[C@H](c1ccsc1)N1CCCC1. The molecule has 4 nitrogen and oxygen atoms in total. The molecule has 24 heavy (non-hydrogen) atoms. The molecule has 2 aromatic rings. The van der Waals surface area contributed by atoms with Crippen molar-refractivity contribution in [3.8, 4) is 0 Å². The summed E-state index contributed by atoms with van der Waals surface area (Å²) in [6, 6.07) is 9.12. The topological polar surface area (TPSA) is 49.4 Å².